The first-order valence-electron chi connectivity index (χ1n) is 3.15. The van der Waals surface area contributed by atoms with Crippen molar-refractivity contribution in [1.29, 1.82) is 5.26 Å². The topological polar surface area (TPSA) is 35.8 Å². The Hall–Kier alpha value is -0.760. The maximum atomic E-state index is 8.37. The van der Waals surface area contributed by atoms with Crippen molar-refractivity contribution >= 4 is 28.3 Å². The fourth-order valence-electron chi connectivity index (χ4n) is 0.789. The Balaban J connectivity index is 3.05. The zero-order chi connectivity index (χ0) is 8.27. The van der Waals surface area contributed by atoms with Gasteiger partial charge in [-0.05, 0) is 47.2 Å². The number of hydrogen-bond donors (Lipinski definition) is 1. The van der Waals surface area contributed by atoms with Crippen LogP contribution >= 0.6 is 22.6 Å². The van der Waals surface area contributed by atoms with E-state index in [1.807, 2.05) is 31.3 Å². The number of benzene rings is 1. The van der Waals surface area contributed by atoms with Gasteiger partial charge in [0, 0.05) is 3.57 Å². The lowest BCUT2D eigenvalue weighted by Gasteiger charge is -2.01. The van der Waals surface area contributed by atoms with Gasteiger partial charge in [0.15, 0.2) is 6.19 Å². The Kier molecular flexibility index (Phi) is 2.71. The molecule has 0 saturated carbocycles. The minimum Gasteiger partial charge on any atom is -0.293 e. The summed E-state index contributed by atoms with van der Waals surface area (Å²) in [6, 6.07) is 5.94. The van der Waals surface area contributed by atoms with Crippen LogP contribution in [-0.2, 0) is 0 Å². The van der Waals surface area contributed by atoms with E-state index in [-0.39, 0.29) is 0 Å². The van der Waals surface area contributed by atoms with Gasteiger partial charge in [0.2, 0.25) is 0 Å². The Bertz CT molecular complexity index is 301. The van der Waals surface area contributed by atoms with E-state index >= 15 is 0 Å². The highest BCUT2D eigenvalue weighted by Crippen LogP contribution is 2.17. The molecule has 0 aliphatic heterocycles. The zero-order valence-corrected chi connectivity index (χ0v) is 8.21. The van der Waals surface area contributed by atoms with Crippen molar-refractivity contribution in [1.82, 2.24) is 0 Å². The second-order valence-corrected chi connectivity index (χ2v) is 3.44. The Labute approximate surface area is 79.4 Å². The van der Waals surface area contributed by atoms with E-state index < -0.39 is 0 Å². The molecule has 0 fully saturated rings. The molecule has 0 aliphatic rings. The van der Waals surface area contributed by atoms with Crippen LogP contribution in [-0.4, -0.2) is 0 Å². The van der Waals surface area contributed by atoms with Crippen LogP contribution in [0.4, 0.5) is 5.69 Å². The molecule has 2 nitrogen and oxygen atoms in total. The minimum absolute atomic E-state index is 0.888. The molecule has 1 aromatic rings. The van der Waals surface area contributed by atoms with Crippen molar-refractivity contribution in [3.63, 3.8) is 0 Å². The van der Waals surface area contributed by atoms with Crippen LogP contribution in [0, 0.1) is 21.9 Å². The molecule has 0 radical (unpaired) electrons. The van der Waals surface area contributed by atoms with Gasteiger partial charge in [-0.2, -0.15) is 5.26 Å². The number of halogens is 1. The van der Waals surface area contributed by atoms with Crippen molar-refractivity contribution in [3.05, 3.63) is 27.3 Å². The molecule has 1 aromatic carbocycles. The fraction of sp³-hybridized carbons (Fsp3) is 0.125. The molecule has 0 spiro atoms. The van der Waals surface area contributed by atoms with Gasteiger partial charge in [-0.25, -0.2) is 0 Å². The third-order valence-electron chi connectivity index (χ3n) is 1.39. The molecule has 0 atom stereocenters. The summed E-state index contributed by atoms with van der Waals surface area (Å²) in [6.45, 7) is 1.97. The average Bonchev–Trinajstić information content (AvgIpc) is 1.98. The van der Waals surface area contributed by atoms with Crippen LogP contribution in [0.3, 0.4) is 0 Å². The van der Waals surface area contributed by atoms with Crippen molar-refractivity contribution in [2.75, 3.05) is 5.32 Å². The van der Waals surface area contributed by atoms with Gasteiger partial charge in [0.25, 0.3) is 0 Å². The molecule has 0 heterocycles. The van der Waals surface area contributed by atoms with Gasteiger partial charge in [0.1, 0.15) is 0 Å². The number of nitriles is 1. The molecule has 0 unspecified atom stereocenters. The maximum absolute atomic E-state index is 8.37. The predicted octanol–water partition coefficient (Wildman–Crippen LogP) is 2.49. The van der Waals surface area contributed by atoms with E-state index in [1.54, 1.807) is 0 Å². The van der Waals surface area contributed by atoms with Gasteiger partial charge in [0.05, 0.1) is 5.69 Å². The number of nitrogens with zero attached hydrogens (tertiary/aromatic N) is 1. The number of hydrogen-bond acceptors (Lipinski definition) is 2. The molecule has 11 heavy (non-hydrogen) atoms. The van der Waals surface area contributed by atoms with Gasteiger partial charge in [-0.3, -0.25) is 5.32 Å². The summed E-state index contributed by atoms with van der Waals surface area (Å²) >= 11 is 2.21. The van der Waals surface area contributed by atoms with Crippen LogP contribution < -0.4 is 5.32 Å². The van der Waals surface area contributed by atoms with Gasteiger partial charge in [-0.1, -0.05) is 6.07 Å². The molecular formula is C8H7IN2. The Morgan fingerprint density at radius 1 is 1.55 bits per heavy atom. The van der Waals surface area contributed by atoms with Crippen molar-refractivity contribution < 1.29 is 0 Å². The smallest absolute Gasteiger partial charge is 0.181 e. The van der Waals surface area contributed by atoms with Gasteiger partial charge < -0.3 is 0 Å². The van der Waals surface area contributed by atoms with E-state index in [2.05, 4.69) is 27.9 Å². The number of rotatable bonds is 1. The lowest BCUT2D eigenvalue weighted by atomic mass is 10.2. The average molecular weight is 258 g/mol. The molecule has 3 heteroatoms. The molecule has 1 N–H and O–H groups in total. The molecule has 0 saturated heterocycles. The molecule has 56 valence electrons. The second kappa shape index (κ2) is 3.58. The molecule has 0 bridgehead atoms. The molecule has 1 rings (SSSR count). The first-order chi connectivity index (χ1) is 5.24. The largest absolute Gasteiger partial charge is 0.293 e. The lowest BCUT2D eigenvalue weighted by Crippen LogP contribution is -1.90. The van der Waals surface area contributed by atoms with Crippen molar-refractivity contribution in [2.24, 2.45) is 0 Å². The van der Waals surface area contributed by atoms with E-state index in [9.17, 15) is 0 Å². The monoisotopic (exact) mass is 258 g/mol. The van der Waals surface area contributed by atoms with Gasteiger partial charge in [-0.15, -0.1) is 0 Å². The minimum atomic E-state index is 0.888. The second-order valence-electron chi connectivity index (χ2n) is 2.20. The highest BCUT2D eigenvalue weighted by Gasteiger charge is 1.95. The number of nitrogens with one attached hydrogen (secondary N) is 1. The summed E-state index contributed by atoms with van der Waals surface area (Å²) in [7, 11) is 0. The molecule has 0 amide bonds. The van der Waals surface area contributed by atoms with Crippen LogP contribution in [0.5, 0.6) is 0 Å². The predicted molar refractivity (Wildman–Crippen MR) is 53.1 cm³/mol. The summed E-state index contributed by atoms with van der Waals surface area (Å²) in [5.74, 6) is 0. The highest BCUT2D eigenvalue weighted by atomic mass is 127. The van der Waals surface area contributed by atoms with E-state index in [1.165, 1.54) is 0 Å². The van der Waals surface area contributed by atoms with Crippen LogP contribution in [0.15, 0.2) is 18.2 Å². The fourth-order valence-corrected chi connectivity index (χ4v) is 1.28. The quantitative estimate of drug-likeness (QED) is 0.477. The third kappa shape index (κ3) is 2.09. The standard InChI is InChI=1S/C8H7IN2/c1-6-2-3-7(9)4-8(6)11-5-10/h2-4,11H,1H3. The zero-order valence-electron chi connectivity index (χ0n) is 6.06. The summed E-state index contributed by atoms with van der Waals surface area (Å²) < 4.78 is 1.13. The maximum Gasteiger partial charge on any atom is 0.181 e. The van der Waals surface area contributed by atoms with E-state index in [0.717, 1.165) is 14.8 Å². The Morgan fingerprint density at radius 2 is 2.27 bits per heavy atom. The van der Waals surface area contributed by atoms with Crippen molar-refractivity contribution in [2.45, 2.75) is 6.92 Å². The molecule has 0 aliphatic carbocycles. The van der Waals surface area contributed by atoms with Gasteiger partial charge >= 0.3 is 0 Å². The first-order valence-corrected chi connectivity index (χ1v) is 4.23. The third-order valence-corrected chi connectivity index (χ3v) is 2.06. The van der Waals surface area contributed by atoms with Crippen LogP contribution in [0.1, 0.15) is 5.56 Å². The number of anilines is 1. The molecular weight excluding hydrogens is 251 g/mol. The normalized spacial score (nSPS) is 8.82. The highest BCUT2D eigenvalue weighted by molar-refractivity contribution is 14.1. The summed E-state index contributed by atoms with van der Waals surface area (Å²) in [4.78, 5) is 0. The summed E-state index contributed by atoms with van der Waals surface area (Å²) in [6.07, 6.45) is 1.90. The molecule has 0 aromatic heterocycles. The lowest BCUT2D eigenvalue weighted by molar-refractivity contribution is 1.40. The SMILES string of the molecule is Cc1ccc(I)cc1NC#N. The van der Waals surface area contributed by atoms with Crippen LogP contribution in [0.2, 0.25) is 0 Å². The summed E-state index contributed by atoms with van der Waals surface area (Å²) in [5, 5.41) is 11.0. The van der Waals surface area contributed by atoms with E-state index in [4.69, 9.17) is 5.26 Å². The van der Waals surface area contributed by atoms with Crippen LogP contribution in [0.25, 0.3) is 0 Å². The van der Waals surface area contributed by atoms with E-state index in [0.29, 0.717) is 0 Å². The summed E-state index contributed by atoms with van der Waals surface area (Å²) in [5.41, 5.74) is 1.98. The van der Waals surface area contributed by atoms with Crippen molar-refractivity contribution in [3.8, 4) is 6.19 Å². The first kappa shape index (κ1) is 8.34. The number of aryl methyl sites for hydroxylation is 1. The Morgan fingerprint density at radius 3 is 2.91 bits per heavy atom.